The van der Waals surface area contributed by atoms with Crippen LogP contribution < -0.4 is 0 Å². The second-order valence-electron chi connectivity index (χ2n) is 3.66. The molecule has 0 amide bonds. The Morgan fingerprint density at radius 2 is 2.25 bits per heavy atom. The molecule has 1 saturated carbocycles. The Bertz CT molecular complexity index is 161. The quantitative estimate of drug-likeness (QED) is 0.663. The average Bonchev–Trinajstić information content (AvgIpc) is 1.94. The molecule has 1 rings (SSSR count). The number of carboxylic acid groups (broad SMARTS) is 1. The van der Waals surface area contributed by atoms with Crippen molar-refractivity contribution in [2.24, 2.45) is 5.41 Å². The van der Waals surface area contributed by atoms with Crippen LogP contribution in [-0.4, -0.2) is 17.9 Å². The highest BCUT2D eigenvalue weighted by Gasteiger charge is 2.37. The van der Waals surface area contributed by atoms with Crippen molar-refractivity contribution in [3.05, 3.63) is 0 Å². The maximum atomic E-state index is 10.2. The summed E-state index contributed by atoms with van der Waals surface area (Å²) in [6.45, 7) is 2.52. The minimum absolute atomic E-state index is 0.202. The van der Waals surface area contributed by atoms with Gasteiger partial charge in [0.2, 0.25) is 0 Å². The van der Waals surface area contributed by atoms with Crippen molar-refractivity contribution in [2.45, 2.75) is 39.0 Å². The SMILES string of the molecule is CCCC1(COC(=O)O)CCC1. The van der Waals surface area contributed by atoms with E-state index in [0.29, 0.717) is 6.61 Å². The summed E-state index contributed by atoms with van der Waals surface area (Å²) < 4.78 is 4.62. The zero-order valence-corrected chi connectivity index (χ0v) is 7.51. The molecule has 0 saturated heterocycles. The van der Waals surface area contributed by atoms with Gasteiger partial charge in [0.25, 0.3) is 0 Å². The van der Waals surface area contributed by atoms with Crippen LogP contribution in [0.1, 0.15) is 39.0 Å². The molecule has 3 heteroatoms. The molecule has 0 aliphatic heterocycles. The molecular formula is C9H16O3. The summed E-state index contributed by atoms with van der Waals surface area (Å²) in [5, 5.41) is 8.34. The van der Waals surface area contributed by atoms with Crippen molar-refractivity contribution in [2.75, 3.05) is 6.61 Å². The fraction of sp³-hybridized carbons (Fsp3) is 0.889. The van der Waals surface area contributed by atoms with Gasteiger partial charge < -0.3 is 9.84 Å². The summed E-state index contributed by atoms with van der Waals surface area (Å²) in [4.78, 5) is 10.2. The molecule has 12 heavy (non-hydrogen) atoms. The van der Waals surface area contributed by atoms with E-state index in [1.165, 1.54) is 6.42 Å². The summed E-state index contributed by atoms with van der Waals surface area (Å²) in [7, 11) is 0. The lowest BCUT2D eigenvalue weighted by atomic mass is 9.67. The van der Waals surface area contributed by atoms with Gasteiger partial charge in [-0.25, -0.2) is 4.79 Å². The Labute approximate surface area is 72.7 Å². The van der Waals surface area contributed by atoms with Crippen LogP contribution in [0, 0.1) is 5.41 Å². The third kappa shape index (κ3) is 2.13. The Balaban J connectivity index is 2.29. The number of rotatable bonds is 4. The molecule has 1 N–H and O–H groups in total. The van der Waals surface area contributed by atoms with E-state index >= 15 is 0 Å². The lowest BCUT2D eigenvalue weighted by Crippen LogP contribution is -2.35. The van der Waals surface area contributed by atoms with Gasteiger partial charge in [-0.15, -0.1) is 0 Å². The first-order chi connectivity index (χ1) is 5.68. The fourth-order valence-corrected chi connectivity index (χ4v) is 1.89. The van der Waals surface area contributed by atoms with Gasteiger partial charge in [-0.3, -0.25) is 0 Å². The van der Waals surface area contributed by atoms with Gasteiger partial charge in [-0.05, 0) is 19.3 Å². The number of hydrogen-bond donors (Lipinski definition) is 1. The van der Waals surface area contributed by atoms with Crippen molar-refractivity contribution in [1.29, 1.82) is 0 Å². The van der Waals surface area contributed by atoms with E-state index < -0.39 is 6.16 Å². The summed E-state index contributed by atoms with van der Waals surface area (Å²) in [6, 6.07) is 0. The van der Waals surface area contributed by atoms with E-state index in [1.54, 1.807) is 0 Å². The highest BCUT2D eigenvalue weighted by molar-refractivity contribution is 5.56. The van der Waals surface area contributed by atoms with Crippen molar-refractivity contribution >= 4 is 6.16 Å². The molecule has 0 radical (unpaired) electrons. The molecule has 1 aliphatic rings. The topological polar surface area (TPSA) is 46.5 Å². The number of ether oxygens (including phenoxy) is 1. The molecule has 0 aromatic heterocycles. The Hall–Kier alpha value is -0.730. The van der Waals surface area contributed by atoms with E-state index in [4.69, 9.17) is 5.11 Å². The molecule has 0 bridgehead atoms. The van der Waals surface area contributed by atoms with Crippen molar-refractivity contribution in [3.8, 4) is 0 Å². The molecule has 0 heterocycles. The summed E-state index contributed by atoms with van der Waals surface area (Å²) in [5.41, 5.74) is 0.202. The molecule has 0 atom stereocenters. The van der Waals surface area contributed by atoms with E-state index in [1.807, 2.05) is 0 Å². The molecule has 0 aromatic carbocycles. The first-order valence-corrected chi connectivity index (χ1v) is 4.54. The van der Waals surface area contributed by atoms with Crippen molar-refractivity contribution in [3.63, 3.8) is 0 Å². The van der Waals surface area contributed by atoms with E-state index in [2.05, 4.69) is 11.7 Å². The van der Waals surface area contributed by atoms with Crippen molar-refractivity contribution < 1.29 is 14.6 Å². The van der Waals surface area contributed by atoms with Crippen LogP contribution in [0.4, 0.5) is 4.79 Å². The normalized spacial score (nSPS) is 19.8. The fourth-order valence-electron chi connectivity index (χ4n) is 1.89. The number of carbonyl (C=O) groups is 1. The molecule has 1 fully saturated rings. The second-order valence-corrected chi connectivity index (χ2v) is 3.66. The summed E-state index contributed by atoms with van der Waals surface area (Å²) >= 11 is 0. The standard InChI is InChI=1S/C9H16O3/c1-2-4-9(5-3-6-9)7-12-8(10)11/h2-7H2,1H3,(H,10,11). The predicted octanol–water partition coefficient (Wildman–Crippen LogP) is 2.65. The minimum atomic E-state index is -1.14. The van der Waals surface area contributed by atoms with Crippen molar-refractivity contribution in [1.82, 2.24) is 0 Å². The van der Waals surface area contributed by atoms with Crippen LogP contribution in [0.3, 0.4) is 0 Å². The molecule has 3 nitrogen and oxygen atoms in total. The van der Waals surface area contributed by atoms with Gasteiger partial charge in [0, 0.05) is 5.41 Å². The molecule has 0 aromatic rings. The van der Waals surface area contributed by atoms with E-state index in [9.17, 15) is 4.79 Å². The highest BCUT2D eigenvalue weighted by atomic mass is 16.7. The molecule has 70 valence electrons. The van der Waals surface area contributed by atoms with Gasteiger partial charge in [0.05, 0.1) is 0 Å². The predicted molar refractivity (Wildman–Crippen MR) is 45.2 cm³/mol. The maximum absolute atomic E-state index is 10.2. The van der Waals surface area contributed by atoms with Gasteiger partial charge >= 0.3 is 6.16 Å². The van der Waals surface area contributed by atoms with E-state index in [-0.39, 0.29) is 5.41 Å². The zero-order valence-electron chi connectivity index (χ0n) is 7.51. The maximum Gasteiger partial charge on any atom is 0.505 e. The first kappa shape index (κ1) is 9.36. The average molecular weight is 172 g/mol. The zero-order chi connectivity index (χ0) is 9.03. The second kappa shape index (κ2) is 3.78. The Morgan fingerprint density at radius 1 is 1.58 bits per heavy atom. The molecule has 1 aliphatic carbocycles. The highest BCUT2D eigenvalue weighted by Crippen LogP contribution is 2.44. The smallest absolute Gasteiger partial charge is 0.450 e. The third-order valence-electron chi connectivity index (χ3n) is 2.70. The third-order valence-corrected chi connectivity index (χ3v) is 2.70. The summed E-state index contributed by atoms with van der Waals surface area (Å²) in [6.07, 6.45) is 4.56. The van der Waals surface area contributed by atoms with Gasteiger partial charge in [0.1, 0.15) is 6.61 Å². The lowest BCUT2D eigenvalue weighted by Gasteiger charge is -2.40. The Morgan fingerprint density at radius 3 is 2.58 bits per heavy atom. The van der Waals surface area contributed by atoms with Crippen LogP contribution >= 0.6 is 0 Å². The van der Waals surface area contributed by atoms with Crippen LogP contribution in [0.2, 0.25) is 0 Å². The van der Waals surface area contributed by atoms with Crippen LogP contribution in [0.5, 0.6) is 0 Å². The van der Waals surface area contributed by atoms with Gasteiger partial charge in [0.15, 0.2) is 0 Å². The largest absolute Gasteiger partial charge is 0.505 e. The Kier molecular flexibility index (Phi) is 2.95. The van der Waals surface area contributed by atoms with Crippen LogP contribution in [-0.2, 0) is 4.74 Å². The first-order valence-electron chi connectivity index (χ1n) is 4.54. The number of hydrogen-bond acceptors (Lipinski definition) is 2. The van der Waals surface area contributed by atoms with Gasteiger partial charge in [-0.1, -0.05) is 19.8 Å². The molecular weight excluding hydrogens is 156 g/mol. The molecule has 0 spiro atoms. The van der Waals surface area contributed by atoms with Crippen LogP contribution in [0.25, 0.3) is 0 Å². The molecule has 0 unspecified atom stereocenters. The summed E-state index contributed by atoms with van der Waals surface area (Å²) in [5.74, 6) is 0. The minimum Gasteiger partial charge on any atom is -0.450 e. The van der Waals surface area contributed by atoms with E-state index in [0.717, 1.165) is 25.7 Å². The van der Waals surface area contributed by atoms with Crippen LogP contribution in [0.15, 0.2) is 0 Å². The van der Waals surface area contributed by atoms with Gasteiger partial charge in [-0.2, -0.15) is 0 Å². The lowest BCUT2D eigenvalue weighted by molar-refractivity contribution is 0.000141. The monoisotopic (exact) mass is 172 g/mol.